The number of nitrogens with one attached hydrogen (secondary N) is 1. The van der Waals surface area contributed by atoms with Crippen molar-refractivity contribution in [1.82, 2.24) is 4.90 Å². The first-order valence-corrected chi connectivity index (χ1v) is 9.97. The highest BCUT2D eigenvalue weighted by Gasteiger charge is 2.22. The number of anilines is 1. The molecule has 2 N–H and O–H groups in total. The highest BCUT2D eigenvalue weighted by atomic mass is 32.1. The number of rotatable bonds is 2. The summed E-state index contributed by atoms with van der Waals surface area (Å²) in [7, 11) is 0. The minimum Gasteiger partial charge on any atom is -0.447 e. The van der Waals surface area contributed by atoms with Gasteiger partial charge < -0.3 is 25.1 Å². The molecule has 2 fully saturated rings. The summed E-state index contributed by atoms with van der Waals surface area (Å²) in [6, 6.07) is 5.35. The van der Waals surface area contributed by atoms with Crippen molar-refractivity contribution in [3.8, 4) is 0 Å². The summed E-state index contributed by atoms with van der Waals surface area (Å²) in [5.74, 6) is -0.145. The second kappa shape index (κ2) is 12.0. The van der Waals surface area contributed by atoms with E-state index in [4.69, 9.17) is 10.1 Å². The van der Waals surface area contributed by atoms with Crippen LogP contribution >= 0.6 is 13.5 Å². The van der Waals surface area contributed by atoms with E-state index in [0.717, 1.165) is 37.3 Å². The first-order chi connectivity index (χ1) is 13.3. The monoisotopic (exact) mass is 427 g/mol. The molecule has 164 valence electrons. The fraction of sp³-hybridized carbons (Fsp3) is 0.619. The molecule has 0 unspecified atom stereocenters. The third kappa shape index (κ3) is 8.22. The Morgan fingerprint density at radius 3 is 2.31 bits per heavy atom. The molecule has 0 saturated carbocycles. The summed E-state index contributed by atoms with van der Waals surface area (Å²) in [6.45, 7) is 8.31. The Kier molecular flexibility index (Phi) is 10.5. The number of aliphatic hydroxyl groups excluding tert-OH is 1. The molecule has 1 amide bonds. The average Bonchev–Trinajstić information content (AvgIpc) is 2.65. The molecular formula is C21H34FN3O3S. The van der Waals surface area contributed by atoms with E-state index >= 15 is 0 Å². The number of ether oxygens (including phenoxy) is 1. The molecule has 2 heterocycles. The first kappa shape index (κ1) is 25.2. The molecule has 0 aliphatic carbocycles. The van der Waals surface area contributed by atoms with Crippen LogP contribution in [0.1, 0.15) is 45.1 Å². The van der Waals surface area contributed by atoms with Crippen molar-refractivity contribution in [3.05, 3.63) is 29.6 Å². The van der Waals surface area contributed by atoms with Crippen molar-refractivity contribution in [2.45, 2.75) is 58.7 Å². The normalized spacial score (nSPS) is 17.4. The SMILES string of the molecule is CC(C)OC(=O)N1CCC(O)CC1.Cc1ccc(N2CCC(=N)CC2)cc1F.S. The smallest absolute Gasteiger partial charge is 0.410 e. The van der Waals surface area contributed by atoms with Gasteiger partial charge in [0.25, 0.3) is 0 Å². The minimum atomic E-state index is -0.262. The zero-order chi connectivity index (χ0) is 20.7. The number of benzene rings is 1. The van der Waals surface area contributed by atoms with Crippen molar-refractivity contribution in [2.24, 2.45) is 0 Å². The number of carbonyl (C=O) groups excluding carboxylic acids is 1. The molecule has 2 aliphatic rings. The molecule has 0 bridgehead atoms. The zero-order valence-corrected chi connectivity index (χ0v) is 18.6. The largest absolute Gasteiger partial charge is 0.447 e. The molecule has 6 nitrogen and oxygen atoms in total. The average molecular weight is 428 g/mol. The van der Waals surface area contributed by atoms with E-state index in [1.807, 2.05) is 26.0 Å². The van der Waals surface area contributed by atoms with Crippen LogP contribution in [0.3, 0.4) is 0 Å². The van der Waals surface area contributed by atoms with Gasteiger partial charge in [0.05, 0.1) is 12.2 Å². The van der Waals surface area contributed by atoms with Gasteiger partial charge in [-0.15, -0.1) is 0 Å². The highest BCUT2D eigenvalue weighted by Crippen LogP contribution is 2.21. The number of nitrogens with zero attached hydrogens (tertiary/aromatic N) is 2. The summed E-state index contributed by atoms with van der Waals surface area (Å²) in [5, 5.41) is 16.7. The van der Waals surface area contributed by atoms with Crippen molar-refractivity contribution in [1.29, 1.82) is 5.41 Å². The van der Waals surface area contributed by atoms with E-state index in [-0.39, 0.29) is 37.6 Å². The predicted octanol–water partition coefficient (Wildman–Crippen LogP) is 3.85. The number of aryl methyl sites for hydroxylation is 1. The molecule has 1 aromatic rings. The van der Waals surface area contributed by atoms with E-state index in [2.05, 4.69) is 4.90 Å². The molecule has 2 aliphatic heterocycles. The molecule has 29 heavy (non-hydrogen) atoms. The first-order valence-electron chi connectivity index (χ1n) is 9.97. The molecule has 3 rings (SSSR count). The van der Waals surface area contributed by atoms with Crippen molar-refractivity contribution in [2.75, 3.05) is 31.1 Å². The Bertz CT molecular complexity index is 669. The maximum Gasteiger partial charge on any atom is 0.410 e. The van der Waals surface area contributed by atoms with Crippen molar-refractivity contribution >= 4 is 31.0 Å². The van der Waals surface area contributed by atoms with Gasteiger partial charge in [-0.3, -0.25) is 0 Å². The fourth-order valence-electron chi connectivity index (χ4n) is 3.14. The van der Waals surface area contributed by atoms with Gasteiger partial charge >= 0.3 is 6.09 Å². The molecule has 8 heteroatoms. The van der Waals surface area contributed by atoms with Crippen LogP contribution in [0.25, 0.3) is 0 Å². The third-order valence-electron chi connectivity index (χ3n) is 4.95. The van der Waals surface area contributed by atoms with Gasteiger partial charge in [-0.05, 0) is 51.3 Å². The van der Waals surface area contributed by atoms with Gasteiger partial charge in [0.15, 0.2) is 0 Å². The lowest BCUT2D eigenvalue weighted by atomic mass is 10.1. The van der Waals surface area contributed by atoms with Crippen molar-refractivity contribution < 1.29 is 19.0 Å². The maximum absolute atomic E-state index is 13.3. The van der Waals surface area contributed by atoms with Crippen LogP contribution in [-0.4, -0.2) is 60.2 Å². The quantitative estimate of drug-likeness (QED) is 0.752. The Morgan fingerprint density at radius 2 is 1.79 bits per heavy atom. The maximum atomic E-state index is 13.3. The van der Waals surface area contributed by atoms with Crippen LogP contribution in [-0.2, 0) is 4.74 Å². The van der Waals surface area contributed by atoms with Crippen LogP contribution in [0.2, 0.25) is 0 Å². The lowest BCUT2D eigenvalue weighted by molar-refractivity contribution is 0.0457. The van der Waals surface area contributed by atoms with E-state index in [1.165, 1.54) is 0 Å². The molecule has 0 spiro atoms. The van der Waals surface area contributed by atoms with Crippen LogP contribution < -0.4 is 4.90 Å². The second-order valence-corrected chi connectivity index (χ2v) is 7.67. The predicted molar refractivity (Wildman–Crippen MR) is 119 cm³/mol. The Morgan fingerprint density at radius 1 is 1.21 bits per heavy atom. The highest BCUT2D eigenvalue weighted by molar-refractivity contribution is 7.59. The van der Waals surface area contributed by atoms with E-state index in [0.29, 0.717) is 31.5 Å². The topological polar surface area (TPSA) is 76.9 Å². The van der Waals surface area contributed by atoms with Gasteiger partial charge in [-0.25, -0.2) is 9.18 Å². The number of hydrogen-bond donors (Lipinski definition) is 2. The molecule has 2 saturated heterocycles. The number of aliphatic hydroxyl groups is 1. The van der Waals surface area contributed by atoms with Crippen LogP contribution in [0.15, 0.2) is 18.2 Å². The molecule has 0 radical (unpaired) electrons. The summed E-state index contributed by atoms with van der Waals surface area (Å²) in [5.41, 5.74) is 2.42. The van der Waals surface area contributed by atoms with Gasteiger partial charge in [-0.1, -0.05) is 6.07 Å². The van der Waals surface area contributed by atoms with Gasteiger partial charge in [-0.2, -0.15) is 13.5 Å². The Hall–Kier alpha value is -1.80. The van der Waals surface area contributed by atoms with Gasteiger partial charge in [0.2, 0.25) is 0 Å². The Labute approximate surface area is 180 Å². The number of likely N-dealkylation sites (tertiary alicyclic amines) is 1. The lowest BCUT2D eigenvalue weighted by Gasteiger charge is -2.29. The lowest BCUT2D eigenvalue weighted by Crippen LogP contribution is -2.41. The fourth-order valence-corrected chi connectivity index (χ4v) is 3.14. The second-order valence-electron chi connectivity index (χ2n) is 7.67. The molecule has 0 atom stereocenters. The summed E-state index contributed by atoms with van der Waals surface area (Å²) < 4.78 is 18.4. The van der Waals surface area contributed by atoms with Crippen LogP contribution in [0.5, 0.6) is 0 Å². The van der Waals surface area contributed by atoms with Crippen LogP contribution in [0.4, 0.5) is 14.9 Å². The summed E-state index contributed by atoms with van der Waals surface area (Å²) >= 11 is 0. The van der Waals surface area contributed by atoms with E-state index < -0.39 is 0 Å². The van der Waals surface area contributed by atoms with Gasteiger partial charge in [0, 0.05) is 50.4 Å². The van der Waals surface area contributed by atoms with Crippen molar-refractivity contribution in [3.63, 3.8) is 0 Å². The number of halogens is 1. The third-order valence-corrected chi connectivity index (χ3v) is 4.95. The Balaban J connectivity index is 0.000000284. The zero-order valence-electron chi connectivity index (χ0n) is 17.6. The van der Waals surface area contributed by atoms with E-state index in [1.54, 1.807) is 17.9 Å². The standard InChI is InChI=1S/C12H15FN2.C9H17NO3.H2S/c1-9-2-3-11(8-12(9)13)15-6-4-10(14)5-7-15;1-7(2)13-9(12)10-5-3-8(11)4-6-10;/h2-3,8,14H,4-7H2,1H3;7-8,11H,3-6H2,1-2H3;1H2. The van der Waals surface area contributed by atoms with Gasteiger partial charge in [0.1, 0.15) is 5.82 Å². The minimum absolute atomic E-state index is 0. The van der Waals surface area contributed by atoms with E-state index in [9.17, 15) is 14.3 Å². The molecule has 1 aromatic carbocycles. The molecule has 0 aromatic heterocycles. The summed E-state index contributed by atoms with van der Waals surface area (Å²) in [6.07, 6.45) is 2.34. The number of piperidine rings is 2. The number of carbonyl (C=O) groups is 1. The van der Waals surface area contributed by atoms with Crippen LogP contribution in [0, 0.1) is 18.2 Å². The number of amides is 1. The molecular weight excluding hydrogens is 393 g/mol. The number of hydrogen-bond acceptors (Lipinski definition) is 5. The summed E-state index contributed by atoms with van der Waals surface area (Å²) in [4.78, 5) is 15.1.